The first-order valence-corrected chi connectivity index (χ1v) is 8.07. The summed E-state index contributed by atoms with van der Waals surface area (Å²) in [7, 11) is 0. The SMILES string of the molecule is CCN(Cc1ccccc1)C(=O)[C@H](C)CCc1ccccc1. The van der Waals surface area contributed by atoms with E-state index in [1.54, 1.807) is 0 Å². The van der Waals surface area contributed by atoms with Crippen LogP contribution in [-0.4, -0.2) is 17.4 Å². The van der Waals surface area contributed by atoms with Crippen molar-refractivity contribution in [2.75, 3.05) is 6.54 Å². The standard InChI is InChI=1S/C20H25NO/c1-3-21(16-19-12-8-5-9-13-19)20(22)17(2)14-15-18-10-6-4-7-11-18/h4-13,17H,3,14-16H2,1-2H3/t17-/m1/s1. The van der Waals surface area contributed by atoms with Gasteiger partial charge in [0.05, 0.1) is 0 Å². The van der Waals surface area contributed by atoms with Crippen LogP contribution in [0.25, 0.3) is 0 Å². The van der Waals surface area contributed by atoms with Crippen molar-refractivity contribution in [3.05, 3.63) is 71.8 Å². The van der Waals surface area contributed by atoms with Gasteiger partial charge in [-0.1, -0.05) is 67.6 Å². The van der Waals surface area contributed by atoms with E-state index in [2.05, 4.69) is 36.4 Å². The van der Waals surface area contributed by atoms with Gasteiger partial charge in [-0.05, 0) is 30.9 Å². The maximum absolute atomic E-state index is 12.6. The molecule has 0 aromatic heterocycles. The highest BCUT2D eigenvalue weighted by atomic mass is 16.2. The summed E-state index contributed by atoms with van der Waals surface area (Å²) in [4.78, 5) is 14.6. The van der Waals surface area contributed by atoms with Crippen LogP contribution in [0.4, 0.5) is 0 Å². The van der Waals surface area contributed by atoms with Gasteiger partial charge in [-0.3, -0.25) is 4.79 Å². The molecular weight excluding hydrogens is 270 g/mol. The molecular formula is C20H25NO. The summed E-state index contributed by atoms with van der Waals surface area (Å²) in [5.41, 5.74) is 2.49. The van der Waals surface area contributed by atoms with Crippen molar-refractivity contribution < 1.29 is 4.79 Å². The van der Waals surface area contributed by atoms with Crippen LogP contribution >= 0.6 is 0 Å². The zero-order valence-corrected chi connectivity index (χ0v) is 13.5. The van der Waals surface area contributed by atoms with Gasteiger partial charge in [-0.25, -0.2) is 0 Å². The molecule has 0 bridgehead atoms. The summed E-state index contributed by atoms with van der Waals surface area (Å²) in [6, 6.07) is 20.6. The molecule has 116 valence electrons. The molecule has 1 amide bonds. The second-order valence-electron chi connectivity index (χ2n) is 5.76. The van der Waals surface area contributed by atoms with Crippen LogP contribution in [0.3, 0.4) is 0 Å². The van der Waals surface area contributed by atoms with Crippen LogP contribution in [0.15, 0.2) is 60.7 Å². The minimum absolute atomic E-state index is 0.0591. The molecule has 2 aromatic carbocycles. The molecule has 0 spiro atoms. The monoisotopic (exact) mass is 295 g/mol. The molecule has 0 N–H and O–H groups in total. The molecule has 0 aliphatic heterocycles. The molecule has 2 aromatic rings. The van der Waals surface area contributed by atoms with Crippen LogP contribution in [0.5, 0.6) is 0 Å². The maximum atomic E-state index is 12.6. The highest BCUT2D eigenvalue weighted by molar-refractivity contribution is 5.78. The zero-order valence-electron chi connectivity index (χ0n) is 13.5. The molecule has 0 saturated heterocycles. The number of carbonyl (C=O) groups is 1. The largest absolute Gasteiger partial charge is 0.338 e. The fourth-order valence-corrected chi connectivity index (χ4v) is 2.61. The molecule has 0 saturated carbocycles. The van der Waals surface area contributed by atoms with E-state index in [9.17, 15) is 4.79 Å². The van der Waals surface area contributed by atoms with Crippen LogP contribution in [-0.2, 0) is 17.8 Å². The van der Waals surface area contributed by atoms with E-state index in [-0.39, 0.29) is 11.8 Å². The topological polar surface area (TPSA) is 20.3 Å². The van der Waals surface area contributed by atoms with E-state index in [0.29, 0.717) is 6.54 Å². The van der Waals surface area contributed by atoms with E-state index >= 15 is 0 Å². The number of amides is 1. The van der Waals surface area contributed by atoms with Crippen LogP contribution in [0.2, 0.25) is 0 Å². The number of rotatable bonds is 7. The fourth-order valence-electron chi connectivity index (χ4n) is 2.61. The molecule has 2 rings (SSSR count). The molecule has 0 heterocycles. The fraction of sp³-hybridized carbons (Fsp3) is 0.350. The Bertz CT molecular complexity index is 565. The predicted molar refractivity (Wildman–Crippen MR) is 91.5 cm³/mol. The van der Waals surface area contributed by atoms with Gasteiger partial charge in [-0.15, -0.1) is 0 Å². The van der Waals surface area contributed by atoms with E-state index < -0.39 is 0 Å². The first kappa shape index (κ1) is 16.3. The Kier molecular flexibility index (Phi) is 6.20. The van der Waals surface area contributed by atoms with Crippen molar-refractivity contribution in [3.63, 3.8) is 0 Å². The lowest BCUT2D eigenvalue weighted by atomic mass is 9.99. The van der Waals surface area contributed by atoms with Crippen LogP contribution in [0, 0.1) is 5.92 Å². The first-order valence-electron chi connectivity index (χ1n) is 8.07. The van der Waals surface area contributed by atoms with Gasteiger partial charge in [-0.2, -0.15) is 0 Å². The normalized spacial score (nSPS) is 11.9. The molecule has 0 aliphatic rings. The Balaban J connectivity index is 1.90. The van der Waals surface area contributed by atoms with Gasteiger partial charge in [0.25, 0.3) is 0 Å². The molecule has 1 atom stereocenters. The Hall–Kier alpha value is -2.09. The Morgan fingerprint density at radius 2 is 1.50 bits per heavy atom. The second-order valence-corrected chi connectivity index (χ2v) is 5.76. The van der Waals surface area contributed by atoms with Gasteiger partial charge >= 0.3 is 0 Å². The summed E-state index contributed by atoms with van der Waals surface area (Å²) < 4.78 is 0. The summed E-state index contributed by atoms with van der Waals surface area (Å²) >= 11 is 0. The van der Waals surface area contributed by atoms with Crippen LogP contribution in [0.1, 0.15) is 31.4 Å². The lowest BCUT2D eigenvalue weighted by Gasteiger charge is -2.24. The average Bonchev–Trinajstić information content (AvgIpc) is 2.58. The van der Waals surface area contributed by atoms with Gasteiger partial charge in [0.15, 0.2) is 0 Å². The summed E-state index contributed by atoms with van der Waals surface area (Å²) in [6.07, 6.45) is 1.85. The average molecular weight is 295 g/mol. The second kappa shape index (κ2) is 8.38. The number of benzene rings is 2. The van der Waals surface area contributed by atoms with Crippen molar-refractivity contribution >= 4 is 5.91 Å². The van der Waals surface area contributed by atoms with E-state index in [1.165, 1.54) is 11.1 Å². The number of nitrogens with zero attached hydrogens (tertiary/aromatic N) is 1. The van der Waals surface area contributed by atoms with Crippen molar-refractivity contribution in [1.29, 1.82) is 0 Å². The third-order valence-corrected chi connectivity index (χ3v) is 4.04. The van der Waals surface area contributed by atoms with Gasteiger partial charge in [0.1, 0.15) is 0 Å². The van der Waals surface area contributed by atoms with Crippen molar-refractivity contribution in [1.82, 2.24) is 4.90 Å². The lowest BCUT2D eigenvalue weighted by Crippen LogP contribution is -2.34. The highest BCUT2D eigenvalue weighted by Gasteiger charge is 2.19. The molecule has 2 heteroatoms. The van der Waals surface area contributed by atoms with Crippen molar-refractivity contribution in [2.45, 2.75) is 33.2 Å². The smallest absolute Gasteiger partial charge is 0.225 e. The Labute approximate surface area is 133 Å². The number of hydrogen-bond donors (Lipinski definition) is 0. The summed E-state index contributed by atoms with van der Waals surface area (Å²) in [5, 5.41) is 0. The van der Waals surface area contributed by atoms with Crippen molar-refractivity contribution in [2.24, 2.45) is 5.92 Å². The molecule has 0 radical (unpaired) electrons. The van der Waals surface area contributed by atoms with Crippen LogP contribution < -0.4 is 0 Å². The first-order chi connectivity index (χ1) is 10.7. The van der Waals surface area contributed by atoms with E-state index in [1.807, 2.05) is 43.0 Å². The van der Waals surface area contributed by atoms with Gasteiger partial charge in [0, 0.05) is 19.0 Å². The number of hydrogen-bond acceptors (Lipinski definition) is 1. The third-order valence-electron chi connectivity index (χ3n) is 4.04. The van der Waals surface area contributed by atoms with E-state index in [0.717, 1.165) is 19.4 Å². The third kappa shape index (κ3) is 4.73. The zero-order chi connectivity index (χ0) is 15.8. The molecule has 0 aliphatic carbocycles. The quantitative estimate of drug-likeness (QED) is 0.745. The van der Waals surface area contributed by atoms with E-state index in [4.69, 9.17) is 0 Å². The Morgan fingerprint density at radius 3 is 2.05 bits per heavy atom. The molecule has 2 nitrogen and oxygen atoms in total. The predicted octanol–water partition coefficient (Wildman–Crippen LogP) is 4.30. The van der Waals surface area contributed by atoms with Crippen molar-refractivity contribution in [3.8, 4) is 0 Å². The van der Waals surface area contributed by atoms with Gasteiger partial charge in [0.2, 0.25) is 5.91 Å². The lowest BCUT2D eigenvalue weighted by molar-refractivity contribution is -0.135. The molecule has 0 fully saturated rings. The molecule has 22 heavy (non-hydrogen) atoms. The summed E-state index contributed by atoms with van der Waals surface area (Å²) in [6.45, 7) is 5.54. The number of aryl methyl sites for hydroxylation is 1. The highest BCUT2D eigenvalue weighted by Crippen LogP contribution is 2.14. The summed E-state index contributed by atoms with van der Waals surface area (Å²) in [5.74, 6) is 0.311. The maximum Gasteiger partial charge on any atom is 0.225 e. The number of carbonyl (C=O) groups excluding carboxylic acids is 1. The van der Waals surface area contributed by atoms with Gasteiger partial charge < -0.3 is 4.90 Å². The molecule has 0 unspecified atom stereocenters. The Morgan fingerprint density at radius 1 is 0.955 bits per heavy atom. The minimum Gasteiger partial charge on any atom is -0.338 e. The minimum atomic E-state index is 0.0591.